The number of hydrogen-bond acceptors (Lipinski definition) is 3. The molecule has 0 saturated heterocycles. The van der Waals surface area contributed by atoms with Crippen LogP contribution in [0.25, 0.3) is 0 Å². The van der Waals surface area contributed by atoms with Crippen LogP contribution in [-0.4, -0.2) is 9.78 Å². The molecule has 5 heteroatoms. The number of nitrogens with one attached hydrogen (secondary N) is 1. The number of nitrogens with zero attached hydrogens (tertiary/aromatic N) is 2. The van der Waals surface area contributed by atoms with Gasteiger partial charge in [0.1, 0.15) is 0 Å². The number of benzene rings is 1. The molecule has 0 aliphatic heterocycles. The van der Waals surface area contributed by atoms with Crippen molar-refractivity contribution in [1.82, 2.24) is 15.2 Å². The monoisotopic (exact) mass is 308 g/mol. The maximum absolute atomic E-state index is 5.69. The number of hydrogen-bond donors (Lipinski definition) is 2. The minimum absolute atomic E-state index is 0.0895. The second kappa shape index (κ2) is 5.65. The molecule has 0 fully saturated rings. The quantitative estimate of drug-likeness (QED) is 0.673. The lowest BCUT2D eigenvalue weighted by atomic mass is 9.97. The Morgan fingerprint density at radius 2 is 2.28 bits per heavy atom. The molecule has 1 unspecified atom stereocenters. The molecule has 0 spiro atoms. The van der Waals surface area contributed by atoms with E-state index in [0.29, 0.717) is 0 Å². The van der Waals surface area contributed by atoms with Crippen molar-refractivity contribution in [3.63, 3.8) is 0 Å². The number of nitrogens with two attached hydrogens (primary N) is 1. The van der Waals surface area contributed by atoms with Crippen molar-refractivity contribution in [1.29, 1.82) is 0 Å². The van der Waals surface area contributed by atoms with E-state index in [1.165, 1.54) is 16.7 Å². The first kappa shape index (κ1) is 13.3. The van der Waals surface area contributed by atoms with E-state index >= 15 is 0 Å². The van der Waals surface area contributed by atoms with E-state index in [1.54, 1.807) is 4.68 Å². The van der Waals surface area contributed by atoms with Crippen molar-refractivity contribution in [2.45, 2.75) is 19.4 Å². The Labute approximate surface area is 115 Å². The number of aryl methyl sites for hydroxylation is 2. The van der Waals surface area contributed by atoms with E-state index in [1.807, 2.05) is 25.5 Å². The maximum Gasteiger partial charge on any atom is 0.0522 e. The lowest BCUT2D eigenvalue weighted by Gasteiger charge is -2.18. The number of rotatable bonds is 4. The second-order valence-corrected chi connectivity index (χ2v) is 5.36. The molecule has 3 N–H and O–H groups in total. The maximum atomic E-state index is 5.69. The van der Waals surface area contributed by atoms with Gasteiger partial charge in [0, 0.05) is 17.7 Å². The Kier molecular flexibility index (Phi) is 4.16. The van der Waals surface area contributed by atoms with Crippen LogP contribution in [-0.2, 0) is 13.5 Å². The van der Waals surface area contributed by atoms with Gasteiger partial charge >= 0.3 is 0 Å². The van der Waals surface area contributed by atoms with Gasteiger partial charge in [-0.3, -0.25) is 16.0 Å². The summed E-state index contributed by atoms with van der Waals surface area (Å²) in [4.78, 5) is 0. The zero-order chi connectivity index (χ0) is 13.1. The van der Waals surface area contributed by atoms with Gasteiger partial charge < -0.3 is 0 Å². The van der Waals surface area contributed by atoms with Crippen LogP contribution >= 0.6 is 15.9 Å². The molecule has 0 amide bonds. The summed E-state index contributed by atoms with van der Waals surface area (Å²) in [5, 5.41) is 4.18. The minimum atomic E-state index is 0.0895. The molecule has 2 rings (SSSR count). The molecule has 0 aliphatic rings. The number of halogens is 1. The lowest BCUT2D eigenvalue weighted by Crippen LogP contribution is -2.30. The van der Waals surface area contributed by atoms with Crippen molar-refractivity contribution >= 4 is 15.9 Å². The Bertz CT molecular complexity index is 536. The van der Waals surface area contributed by atoms with E-state index in [2.05, 4.69) is 45.5 Å². The van der Waals surface area contributed by atoms with Crippen molar-refractivity contribution in [2.75, 3.05) is 0 Å². The SMILES string of the molecule is Cc1ccc(Br)cc1C(Cc1cnn(C)c1)NN. The molecule has 2 aromatic rings. The topological polar surface area (TPSA) is 55.9 Å². The zero-order valence-corrected chi connectivity index (χ0v) is 12.1. The van der Waals surface area contributed by atoms with Gasteiger partial charge in [-0.05, 0) is 42.2 Å². The van der Waals surface area contributed by atoms with Gasteiger partial charge in [0.25, 0.3) is 0 Å². The average molecular weight is 309 g/mol. The van der Waals surface area contributed by atoms with Crippen LogP contribution in [0.15, 0.2) is 35.1 Å². The summed E-state index contributed by atoms with van der Waals surface area (Å²) in [6.45, 7) is 2.09. The van der Waals surface area contributed by atoms with Crippen LogP contribution in [0, 0.1) is 6.92 Å². The number of aromatic nitrogens is 2. The van der Waals surface area contributed by atoms with E-state index in [-0.39, 0.29) is 6.04 Å². The first-order valence-electron chi connectivity index (χ1n) is 5.80. The first-order valence-corrected chi connectivity index (χ1v) is 6.59. The third-order valence-electron chi connectivity index (χ3n) is 3.02. The van der Waals surface area contributed by atoms with E-state index in [9.17, 15) is 0 Å². The predicted octanol–water partition coefficient (Wildman–Crippen LogP) is 2.24. The van der Waals surface area contributed by atoms with Gasteiger partial charge in [-0.15, -0.1) is 0 Å². The molecule has 1 heterocycles. The van der Waals surface area contributed by atoms with Gasteiger partial charge in [-0.2, -0.15) is 5.10 Å². The van der Waals surface area contributed by atoms with Crippen molar-refractivity contribution in [3.8, 4) is 0 Å². The third-order valence-corrected chi connectivity index (χ3v) is 3.51. The second-order valence-electron chi connectivity index (χ2n) is 4.45. The van der Waals surface area contributed by atoms with Crippen LogP contribution in [0.4, 0.5) is 0 Å². The van der Waals surface area contributed by atoms with Crippen molar-refractivity contribution in [2.24, 2.45) is 12.9 Å². The highest BCUT2D eigenvalue weighted by molar-refractivity contribution is 9.10. The van der Waals surface area contributed by atoms with Gasteiger partial charge in [-0.25, -0.2) is 0 Å². The highest BCUT2D eigenvalue weighted by atomic mass is 79.9. The fourth-order valence-corrected chi connectivity index (χ4v) is 2.44. The molecule has 18 heavy (non-hydrogen) atoms. The summed E-state index contributed by atoms with van der Waals surface area (Å²) in [6, 6.07) is 6.33. The Morgan fingerprint density at radius 1 is 1.50 bits per heavy atom. The van der Waals surface area contributed by atoms with Gasteiger partial charge in [0.2, 0.25) is 0 Å². The summed E-state index contributed by atoms with van der Waals surface area (Å²) in [6.07, 6.45) is 4.71. The summed E-state index contributed by atoms with van der Waals surface area (Å²) < 4.78 is 2.87. The van der Waals surface area contributed by atoms with Gasteiger partial charge in [0.15, 0.2) is 0 Å². The van der Waals surface area contributed by atoms with Gasteiger partial charge in [0.05, 0.1) is 12.2 Å². The lowest BCUT2D eigenvalue weighted by molar-refractivity contribution is 0.549. The highest BCUT2D eigenvalue weighted by Crippen LogP contribution is 2.24. The average Bonchev–Trinajstić information content (AvgIpc) is 2.75. The van der Waals surface area contributed by atoms with E-state index in [4.69, 9.17) is 5.84 Å². The summed E-state index contributed by atoms with van der Waals surface area (Å²) in [7, 11) is 1.92. The molecule has 4 nitrogen and oxygen atoms in total. The largest absolute Gasteiger partial charge is 0.276 e. The fraction of sp³-hybridized carbons (Fsp3) is 0.308. The highest BCUT2D eigenvalue weighted by Gasteiger charge is 2.14. The molecule has 0 radical (unpaired) electrons. The Balaban J connectivity index is 2.25. The number of hydrazine groups is 1. The smallest absolute Gasteiger partial charge is 0.0522 e. The van der Waals surface area contributed by atoms with Crippen LogP contribution in [0.5, 0.6) is 0 Å². The molecule has 1 aromatic heterocycles. The van der Waals surface area contributed by atoms with Crippen LogP contribution in [0.3, 0.4) is 0 Å². The minimum Gasteiger partial charge on any atom is -0.276 e. The molecular weight excluding hydrogens is 292 g/mol. The first-order chi connectivity index (χ1) is 8.60. The van der Waals surface area contributed by atoms with E-state index in [0.717, 1.165) is 10.9 Å². The standard InChI is InChI=1S/C13H17BrN4/c1-9-3-4-11(14)6-12(9)13(17-15)5-10-7-16-18(2)8-10/h3-4,6-8,13,17H,5,15H2,1-2H3. The molecule has 0 bridgehead atoms. The summed E-state index contributed by atoms with van der Waals surface area (Å²) in [5.74, 6) is 5.69. The zero-order valence-electron chi connectivity index (χ0n) is 10.5. The summed E-state index contributed by atoms with van der Waals surface area (Å²) in [5.41, 5.74) is 6.48. The third kappa shape index (κ3) is 2.98. The molecular formula is C13H17BrN4. The predicted molar refractivity (Wildman–Crippen MR) is 75.9 cm³/mol. The molecule has 96 valence electrons. The fourth-order valence-electron chi connectivity index (χ4n) is 2.06. The molecule has 0 saturated carbocycles. The van der Waals surface area contributed by atoms with Crippen molar-refractivity contribution in [3.05, 3.63) is 51.8 Å². The van der Waals surface area contributed by atoms with E-state index < -0.39 is 0 Å². The molecule has 1 aromatic carbocycles. The Hall–Kier alpha value is -1.17. The van der Waals surface area contributed by atoms with Gasteiger partial charge in [-0.1, -0.05) is 22.0 Å². The summed E-state index contributed by atoms with van der Waals surface area (Å²) >= 11 is 3.50. The van der Waals surface area contributed by atoms with Crippen molar-refractivity contribution < 1.29 is 0 Å². The molecule has 1 atom stereocenters. The van der Waals surface area contributed by atoms with Crippen LogP contribution < -0.4 is 11.3 Å². The van der Waals surface area contributed by atoms with Crippen LogP contribution in [0.1, 0.15) is 22.7 Å². The Morgan fingerprint density at radius 3 is 2.89 bits per heavy atom. The normalized spacial score (nSPS) is 12.7. The molecule has 0 aliphatic carbocycles. The van der Waals surface area contributed by atoms with Crippen LogP contribution in [0.2, 0.25) is 0 Å².